The van der Waals surface area contributed by atoms with Crippen molar-refractivity contribution in [1.82, 2.24) is 0 Å². The highest BCUT2D eigenvalue weighted by molar-refractivity contribution is 5.75. The van der Waals surface area contributed by atoms with E-state index < -0.39 is 6.10 Å². The summed E-state index contributed by atoms with van der Waals surface area (Å²) in [5.41, 5.74) is 1.03. The third-order valence-corrected chi connectivity index (χ3v) is 3.45. The number of esters is 1. The van der Waals surface area contributed by atoms with Crippen LogP contribution < -0.4 is 4.74 Å². The Labute approximate surface area is 133 Å². The van der Waals surface area contributed by atoms with Gasteiger partial charge in [0.15, 0.2) is 6.10 Å². The van der Waals surface area contributed by atoms with E-state index in [0.29, 0.717) is 19.6 Å². The molecular formula is C18H28O4. The fraction of sp³-hybridized carbons (Fsp3) is 0.611. The summed E-state index contributed by atoms with van der Waals surface area (Å²) in [6.07, 6.45) is 4.49. The minimum atomic E-state index is -0.532. The summed E-state index contributed by atoms with van der Waals surface area (Å²) >= 11 is 0. The van der Waals surface area contributed by atoms with Gasteiger partial charge in [0.25, 0.3) is 0 Å². The van der Waals surface area contributed by atoms with Crippen molar-refractivity contribution in [3.8, 4) is 5.75 Å². The van der Waals surface area contributed by atoms with Crippen molar-refractivity contribution in [2.75, 3.05) is 20.3 Å². The zero-order valence-corrected chi connectivity index (χ0v) is 14.0. The zero-order valence-electron chi connectivity index (χ0n) is 14.0. The van der Waals surface area contributed by atoms with Crippen LogP contribution in [0, 0.1) is 0 Å². The van der Waals surface area contributed by atoms with Gasteiger partial charge < -0.3 is 14.2 Å². The van der Waals surface area contributed by atoms with E-state index in [-0.39, 0.29) is 5.97 Å². The number of benzene rings is 1. The van der Waals surface area contributed by atoms with E-state index in [1.807, 2.05) is 31.2 Å². The van der Waals surface area contributed by atoms with E-state index in [1.54, 1.807) is 7.11 Å². The van der Waals surface area contributed by atoms with Crippen LogP contribution in [-0.2, 0) is 20.7 Å². The smallest absolute Gasteiger partial charge is 0.335 e. The molecule has 0 heterocycles. The second-order valence-corrected chi connectivity index (χ2v) is 5.22. The first kappa shape index (κ1) is 18.5. The molecule has 22 heavy (non-hydrogen) atoms. The van der Waals surface area contributed by atoms with Crippen molar-refractivity contribution in [2.24, 2.45) is 0 Å². The number of rotatable bonds is 11. The maximum atomic E-state index is 12.0. The molecule has 4 nitrogen and oxygen atoms in total. The molecule has 4 heteroatoms. The normalized spacial score (nSPS) is 12.0. The molecule has 0 fully saturated rings. The van der Waals surface area contributed by atoms with Crippen LogP contribution in [0.3, 0.4) is 0 Å². The summed E-state index contributed by atoms with van der Waals surface area (Å²) in [5, 5.41) is 0. The van der Waals surface area contributed by atoms with Gasteiger partial charge in [0.2, 0.25) is 0 Å². The number of ether oxygens (including phenoxy) is 3. The van der Waals surface area contributed by atoms with Crippen LogP contribution in [0.2, 0.25) is 0 Å². The Morgan fingerprint density at radius 3 is 2.41 bits per heavy atom. The SMILES string of the molecule is CCCCCCOC(Cc1ccc(OC)cc1)C(=O)OCC. The van der Waals surface area contributed by atoms with E-state index >= 15 is 0 Å². The largest absolute Gasteiger partial charge is 0.497 e. The standard InChI is InChI=1S/C18H28O4/c1-4-6-7-8-13-22-17(18(19)21-5-2)14-15-9-11-16(20-3)12-10-15/h9-12,17H,4-8,13-14H2,1-3H3. The van der Waals surface area contributed by atoms with E-state index in [4.69, 9.17) is 14.2 Å². The van der Waals surface area contributed by atoms with Crippen LogP contribution in [0.25, 0.3) is 0 Å². The number of hydrogen-bond donors (Lipinski definition) is 0. The van der Waals surface area contributed by atoms with E-state index in [0.717, 1.165) is 24.2 Å². The van der Waals surface area contributed by atoms with Crippen molar-refractivity contribution in [3.63, 3.8) is 0 Å². The fourth-order valence-electron chi connectivity index (χ4n) is 2.18. The molecule has 0 N–H and O–H groups in total. The topological polar surface area (TPSA) is 44.8 Å². The number of unbranched alkanes of at least 4 members (excludes halogenated alkanes) is 3. The lowest BCUT2D eigenvalue weighted by Gasteiger charge is -2.17. The molecule has 0 bridgehead atoms. The van der Waals surface area contributed by atoms with Crippen LogP contribution in [0.1, 0.15) is 45.1 Å². The number of carbonyl (C=O) groups is 1. The molecule has 1 aromatic rings. The Kier molecular flexibility index (Phi) is 9.31. The Morgan fingerprint density at radius 1 is 1.09 bits per heavy atom. The molecule has 1 unspecified atom stereocenters. The molecule has 0 radical (unpaired) electrons. The van der Waals surface area contributed by atoms with Crippen LogP contribution in [0.15, 0.2) is 24.3 Å². The van der Waals surface area contributed by atoms with Crippen molar-refractivity contribution in [3.05, 3.63) is 29.8 Å². The Hall–Kier alpha value is -1.55. The van der Waals surface area contributed by atoms with E-state index in [2.05, 4.69) is 6.92 Å². The Balaban J connectivity index is 2.54. The molecule has 0 aliphatic carbocycles. The quantitative estimate of drug-likeness (QED) is 0.461. The molecule has 0 saturated heterocycles. The number of hydrogen-bond acceptors (Lipinski definition) is 4. The lowest BCUT2D eigenvalue weighted by Crippen LogP contribution is -2.29. The van der Waals surface area contributed by atoms with Gasteiger partial charge in [0, 0.05) is 13.0 Å². The third-order valence-electron chi connectivity index (χ3n) is 3.45. The average molecular weight is 308 g/mol. The van der Waals surface area contributed by atoms with Crippen LogP contribution >= 0.6 is 0 Å². The number of carbonyl (C=O) groups excluding carboxylic acids is 1. The first-order chi connectivity index (χ1) is 10.7. The molecule has 0 aliphatic heterocycles. The summed E-state index contributed by atoms with van der Waals surface area (Å²) < 4.78 is 16.0. The molecule has 0 amide bonds. The first-order valence-electron chi connectivity index (χ1n) is 8.12. The van der Waals surface area contributed by atoms with Gasteiger partial charge in [0.1, 0.15) is 5.75 Å². The Morgan fingerprint density at radius 2 is 1.82 bits per heavy atom. The molecule has 124 valence electrons. The molecule has 1 atom stereocenters. The van der Waals surface area contributed by atoms with Gasteiger partial charge >= 0.3 is 5.97 Å². The third kappa shape index (κ3) is 6.94. The van der Waals surface area contributed by atoms with E-state index in [9.17, 15) is 4.79 Å². The highest BCUT2D eigenvalue weighted by atomic mass is 16.6. The highest BCUT2D eigenvalue weighted by Gasteiger charge is 2.20. The minimum absolute atomic E-state index is 0.284. The lowest BCUT2D eigenvalue weighted by atomic mass is 10.1. The Bertz CT molecular complexity index is 414. The van der Waals surface area contributed by atoms with Crippen LogP contribution in [0.4, 0.5) is 0 Å². The van der Waals surface area contributed by atoms with Crippen molar-refractivity contribution >= 4 is 5.97 Å². The molecule has 0 spiro atoms. The number of methoxy groups -OCH3 is 1. The zero-order chi connectivity index (χ0) is 16.2. The average Bonchev–Trinajstić information content (AvgIpc) is 2.54. The maximum absolute atomic E-state index is 12.0. The van der Waals surface area contributed by atoms with Gasteiger partial charge in [-0.2, -0.15) is 0 Å². The van der Waals surface area contributed by atoms with Gasteiger partial charge in [-0.3, -0.25) is 0 Å². The summed E-state index contributed by atoms with van der Waals surface area (Å²) in [6.45, 7) is 4.95. The van der Waals surface area contributed by atoms with Gasteiger partial charge in [-0.15, -0.1) is 0 Å². The molecule has 1 rings (SSSR count). The van der Waals surface area contributed by atoms with Crippen molar-refractivity contribution in [2.45, 2.75) is 52.1 Å². The highest BCUT2D eigenvalue weighted by Crippen LogP contribution is 2.15. The predicted molar refractivity (Wildman–Crippen MR) is 87.2 cm³/mol. The van der Waals surface area contributed by atoms with Gasteiger partial charge in [-0.25, -0.2) is 4.79 Å². The second kappa shape index (κ2) is 11.1. The molecule has 0 aromatic heterocycles. The maximum Gasteiger partial charge on any atom is 0.335 e. The van der Waals surface area contributed by atoms with Crippen LogP contribution in [-0.4, -0.2) is 32.4 Å². The first-order valence-corrected chi connectivity index (χ1v) is 8.12. The summed E-state index contributed by atoms with van der Waals surface area (Å²) in [4.78, 5) is 12.0. The van der Waals surface area contributed by atoms with Gasteiger partial charge in [-0.1, -0.05) is 38.3 Å². The van der Waals surface area contributed by atoms with Crippen LogP contribution in [0.5, 0.6) is 5.75 Å². The lowest BCUT2D eigenvalue weighted by molar-refractivity contribution is -0.156. The minimum Gasteiger partial charge on any atom is -0.497 e. The molecule has 0 aliphatic rings. The summed E-state index contributed by atoms with van der Waals surface area (Å²) in [7, 11) is 1.63. The second-order valence-electron chi connectivity index (χ2n) is 5.22. The molecule has 0 saturated carbocycles. The van der Waals surface area contributed by atoms with Crippen molar-refractivity contribution < 1.29 is 19.0 Å². The molecule has 1 aromatic carbocycles. The van der Waals surface area contributed by atoms with Gasteiger partial charge in [0.05, 0.1) is 13.7 Å². The summed E-state index contributed by atoms with van der Waals surface area (Å²) in [6, 6.07) is 7.68. The van der Waals surface area contributed by atoms with E-state index in [1.165, 1.54) is 12.8 Å². The predicted octanol–water partition coefficient (Wildman–Crippen LogP) is 3.77. The van der Waals surface area contributed by atoms with Crippen molar-refractivity contribution in [1.29, 1.82) is 0 Å². The fourth-order valence-corrected chi connectivity index (χ4v) is 2.18. The summed E-state index contributed by atoms with van der Waals surface area (Å²) in [5.74, 6) is 0.519. The van der Waals surface area contributed by atoms with Gasteiger partial charge in [-0.05, 0) is 31.0 Å². The monoisotopic (exact) mass is 308 g/mol. The molecular weight excluding hydrogens is 280 g/mol.